The van der Waals surface area contributed by atoms with Gasteiger partial charge in [-0.2, -0.15) is 13.2 Å². The lowest BCUT2D eigenvalue weighted by atomic mass is 10.1. The van der Waals surface area contributed by atoms with E-state index in [0.29, 0.717) is 32.2 Å². The summed E-state index contributed by atoms with van der Waals surface area (Å²) in [5.41, 5.74) is -0.795. The molecule has 0 radical (unpaired) electrons. The van der Waals surface area contributed by atoms with E-state index in [-0.39, 0.29) is 24.5 Å². The molecule has 29 heavy (non-hydrogen) atoms. The van der Waals surface area contributed by atoms with Gasteiger partial charge < -0.3 is 25.6 Å². The summed E-state index contributed by atoms with van der Waals surface area (Å²) in [6, 6.07) is 2.39. The van der Waals surface area contributed by atoms with Crippen molar-refractivity contribution in [3.05, 3.63) is 23.9 Å². The monoisotopic (exact) mass is 416 g/mol. The molecule has 1 saturated heterocycles. The molecule has 162 valence electrons. The van der Waals surface area contributed by atoms with Crippen LogP contribution in [0.5, 0.6) is 0 Å². The number of piperidine rings is 1. The number of hydrogen-bond donors (Lipinski definition) is 3. The topological polar surface area (TPSA) is 90.9 Å². The van der Waals surface area contributed by atoms with Crippen molar-refractivity contribution in [1.29, 1.82) is 0 Å². The van der Waals surface area contributed by atoms with Gasteiger partial charge in [0.05, 0.1) is 12.2 Å². The van der Waals surface area contributed by atoms with Gasteiger partial charge in [0, 0.05) is 45.5 Å². The standard InChI is InChI=1S/C18H27F3N6O2/c1-3-29-17(28)27-11-6-13(7-12-27)26-16(22-2)25-10-9-24-15-14(18(19,20)21)5-4-8-23-15/h4-5,8,13H,3,6-7,9-12H2,1-2H3,(H,23,24)(H2,22,25,26). The lowest BCUT2D eigenvalue weighted by molar-refractivity contribution is -0.137. The van der Waals surface area contributed by atoms with Crippen LogP contribution in [-0.4, -0.2) is 67.8 Å². The van der Waals surface area contributed by atoms with E-state index in [2.05, 4.69) is 25.9 Å². The van der Waals surface area contributed by atoms with Crippen LogP contribution >= 0.6 is 0 Å². The van der Waals surface area contributed by atoms with Crippen molar-refractivity contribution in [2.45, 2.75) is 32.0 Å². The second kappa shape index (κ2) is 10.7. The minimum atomic E-state index is -4.46. The molecule has 11 heteroatoms. The SMILES string of the molecule is CCOC(=O)N1CCC(NC(=NC)NCCNc2ncccc2C(F)(F)F)CC1. The number of guanidine groups is 1. The molecule has 1 amide bonds. The van der Waals surface area contributed by atoms with Gasteiger partial charge in [0.2, 0.25) is 0 Å². The average molecular weight is 416 g/mol. The van der Waals surface area contributed by atoms with Crippen molar-refractivity contribution >= 4 is 17.9 Å². The van der Waals surface area contributed by atoms with Crippen molar-refractivity contribution in [2.75, 3.05) is 45.2 Å². The van der Waals surface area contributed by atoms with Crippen LogP contribution in [0.15, 0.2) is 23.3 Å². The first-order valence-electron chi connectivity index (χ1n) is 9.50. The van der Waals surface area contributed by atoms with Crippen molar-refractivity contribution in [2.24, 2.45) is 4.99 Å². The fourth-order valence-corrected chi connectivity index (χ4v) is 2.95. The number of ether oxygens (including phenoxy) is 1. The number of carbonyl (C=O) groups excluding carboxylic acids is 1. The molecule has 1 aromatic heterocycles. The zero-order valence-corrected chi connectivity index (χ0v) is 16.6. The summed E-state index contributed by atoms with van der Waals surface area (Å²) in [6.45, 7) is 3.90. The highest BCUT2D eigenvalue weighted by Crippen LogP contribution is 2.33. The third kappa shape index (κ3) is 6.99. The molecule has 0 aromatic carbocycles. The van der Waals surface area contributed by atoms with Gasteiger partial charge in [-0.1, -0.05) is 0 Å². The van der Waals surface area contributed by atoms with Crippen LogP contribution in [-0.2, 0) is 10.9 Å². The van der Waals surface area contributed by atoms with Gasteiger partial charge >= 0.3 is 12.3 Å². The maximum atomic E-state index is 13.0. The van der Waals surface area contributed by atoms with Gasteiger partial charge in [-0.15, -0.1) is 0 Å². The van der Waals surface area contributed by atoms with Gasteiger partial charge in [0.15, 0.2) is 5.96 Å². The highest BCUT2D eigenvalue weighted by atomic mass is 19.4. The Balaban J connectivity index is 1.74. The summed E-state index contributed by atoms with van der Waals surface area (Å²) in [7, 11) is 1.62. The fraction of sp³-hybridized carbons (Fsp3) is 0.611. The van der Waals surface area contributed by atoms with Crippen LogP contribution in [0.1, 0.15) is 25.3 Å². The maximum absolute atomic E-state index is 13.0. The van der Waals surface area contributed by atoms with E-state index in [9.17, 15) is 18.0 Å². The summed E-state index contributed by atoms with van der Waals surface area (Å²) < 4.78 is 43.9. The molecule has 8 nitrogen and oxygen atoms in total. The van der Waals surface area contributed by atoms with Crippen LogP contribution in [0.3, 0.4) is 0 Å². The number of likely N-dealkylation sites (tertiary alicyclic amines) is 1. The lowest BCUT2D eigenvalue weighted by Gasteiger charge is -2.32. The highest BCUT2D eigenvalue weighted by Gasteiger charge is 2.34. The first-order valence-corrected chi connectivity index (χ1v) is 9.50. The molecule has 0 atom stereocenters. The van der Waals surface area contributed by atoms with E-state index in [0.717, 1.165) is 18.9 Å². The number of aromatic nitrogens is 1. The minimum absolute atomic E-state index is 0.146. The first-order chi connectivity index (χ1) is 13.8. The zero-order chi connectivity index (χ0) is 21.3. The Hall–Kier alpha value is -2.72. The molecule has 3 N–H and O–H groups in total. The molecule has 1 aromatic rings. The number of halogens is 3. The van der Waals surface area contributed by atoms with Crippen LogP contribution in [0.4, 0.5) is 23.8 Å². The Labute approximate surface area is 167 Å². The molecule has 2 heterocycles. The Morgan fingerprint density at radius 3 is 2.69 bits per heavy atom. The lowest BCUT2D eigenvalue weighted by Crippen LogP contribution is -2.50. The Bertz CT molecular complexity index is 690. The van der Waals surface area contributed by atoms with Gasteiger partial charge in [0.25, 0.3) is 0 Å². The quantitative estimate of drug-likeness (QED) is 0.375. The largest absolute Gasteiger partial charge is 0.450 e. The van der Waals surface area contributed by atoms with E-state index >= 15 is 0 Å². The summed E-state index contributed by atoms with van der Waals surface area (Å²) >= 11 is 0. The molecular weight excluding hydrogens is 389 g/mol. The van der Waals surface area contributed by atoms with Crippen molar-refractivity contribution in [1.82, 2.24) is 20.5 Å². The number of nitrogens with one attached hydrogen (secondary N) is 3. The Morgan fingerprint density at radius 1 is 1.34 bits per heavy atom. The zero-order valence-electron chi connectivity index (χ0n) is 16.6. The molecule has 1 fully saturated rings. The molecule has 0 saturated carbocycles. The number of alkyl halides is 3. The molecule has 0 aliphatic carbocycles. The second-order valence-corrected chi connectivity index (χ2v) is 6.43. The summed E-state index contributed by atoms with van der Waals surface area (Å²) in [6.07, 6.45) is -1.94. The van der Waals surface area contributed by atoms with Crippen molar-refractivity contribution in [3.63, 3.8) is 0 Å². The highest BCUT2D eigenvalue weighted by molar-refractivity contribution is 5.80. The van der Waals surface area contributed by atoms with Gasteiger partial charge in [0.1, 0.15) is 5.82 Å². The number of amides is 1. The minimum Gasteiger partial charge on any atom is -0.450 e. The normalized spacial score (nSPS) is 15.8. The van der Waals surface area contributed by atoms with Crippen LogP contribution in [0.2, 0.25) is 0 Å². The predicted octanol–water partition coefficient (Wildman–Crippen LogP) is 2.30. The van der Waals surface area contributed by atoms with E-state index in [4.69, 9.17) is 4.74 Å². The number of rotatable bonds is 6. The number of hydrogen-bond acceptors (Lipinski definition) is 5. The number of anilines is 1. The third-order valence-electron chi connectivity index (χ3n) is 4.41. The molecule has 1 aliphatic rings. The smallest absolute Gasteiger partial charge is 0.419 e. The number of nitrogens with zero attached hydrogens (tertiary/aromatic N) is 3. The van der Waals surface area contributed by atoms with E-state index in [1.807, 2.05) is 0 Å². The van der Waals surface area contributed by atoms with Gasteiger partial charge in [-0.25, -0.2) is 9.78 Å². The summed E-state index contributed by atoms with van der Waals surface area (Å²) in [5, 5.41) is 9.03. The molecule has 1 aliphatic heterocycles. The van der Waals surface area contributed by atoms with E-state index in [1.54, 1.807) is 18.9 Å². The fourth-order valence-electron chi connectivity index (χ4n) is 2.95. The first kappa shape index (κ1) is 22.6. The molecule has 0 unspecified atom stereocenters. The van der Waals surface area contributed by atoms with Crippen LogP contribution in [0, 0.1) is 0 Å². The second-order valence-electron chi connectivity index (χ2n) is 6.43. The third-order valence-corrected chi connectivity index (χ3v) is 4.41. The summed E-state index contributed by atoms with van der Waals surface area (Å²) in [4.78, 5) is 21.3. The van der Waals surface area contributed by atoms with Gasteiger partial charge in [-0.05, 0) is 31.9 Å². The molecule has 0 spiro atoms. The van der Waals surface area contributed by atoms with E-state index in [1.165, 1.54) is 12.3 Å². The Morgan fingerprint density at radius 2 is 2.07 bits per heavy atom. The van der Waals surface area contributed by atoms with Crippen molar-refractivity contribution in [3.8, 4) is 0 Å². The Kier molecular flexibility index (Phi) is 8.34. The van der Waals surface area contributed by atoms with Crippen molar-refractivity contribution < 1.29 is 22.7 Å². The predicted molar refractivity (Wildman–Crippen MR) is 104 cm³/mol. The summed E-state index contributed by atoms with van der Waals surface area (Å²) in [5.74, 6) is 0.356. The van der Waals surface area contributed by atoms with Gasteiger partial charge in [-0.3, -0.25) is 4.99 Å². The van der Waals surface area contributed by atoms with Crippen LogP contribution in [0.25, 0.3) is 0 Å². The van der Waals surface area contributed by atoms with Crippen LogP contribution < -0.4 is 16.0 Å². The molecular formula is C18H27F3N6O2. The average Bonchev–Trinajstić information content (AvgIpc) is 2.70. The molecule has 0 bridgehead atoms. The number of pyridine rings is 1. The maximum Gasteiger partial charge on any atom is 0.419 e. The molecule has 2 rings (SSSR count). The number of aliphatic imine (C=N–C) groups is 1. The van der Waals surface area contributed by atoms with E-state index < -0.39 is 11.7 Å². The number of carbonyl (C=O) groups is 1.